The number of para-hydroxylation sites is 2. The first-order chi connectivity index (χ1) is 15.0. The van der Waals surface area contributed by atoms with Crippen molar-refractivity contribution < 1.29 is 10.0 Å². The predicted octanol–water partition coefficient (Wildman–Crippen LogP) is 4.77. The minimum atomic E-state index is -1.48. The molecule has 0 saturated heterocycles. The summed E-state index contributed by atoms with van der Waals surface area (Å²) in [4.78, 5) is 0. The zero-order valence-corrected chi connectivity index (χ0v) is 17.5. The highest BCUT2D eigenvalue weighted by molar-refractivity contribution is 6.58. The summed E-state index contributed by atoms with van der Waals surface area (Å²) in [5.74, 6) is 0. The van der Waals surface area contributed by atoms with Crippen LogP contribution in [0.25, 0.3) is 38.6 Å². The molecular formula is C27H22BNO2. The topological polar surface area (TPSA) is 45.4 Å². The third-order valence-corrected chi connectivity index (χ3v) is 6.78. The Balaban J connectivity index is 1.79. The minimum absolute atomic E-state index is 0.218. The summed E-state index contributed by atoms with van der Waals surface area (Å²) in [6.07, 6.45) is 0. The molecule has 5 aromatic rings. The molecule has 0 fully saturated rings. The highest BCUT2D eigenvalue weighted by atomic mass is 16.4. The predicted molar refractivity (Wildman–Crippen MR) is 128 cm³/mol. The maximum Gasteiger partial charge on any atom is 0.488 e. The van der Waals surface area contributed by atoms with Crippen LogP contribution in [0.4, 0.5) is 0 Å². The van der Waals surface area contributed by atoms with E-state index in [4.69, 9.17) is 0 Å². The van der Waals surface area contributed by atoms with Gasteiger partial charge in [-0.15, -0.1) is 0 Å². The zero-order chi connectivity index (χ0) is 21.3. The van der Waals surface area contributed by atoms with Gasteiger partial charge in [-0.3, -0.25) is 0 Å². The number of hydrogen-bond donors (Lipinski definition) is 2. The van der Waals surface area contributed by atoms with E-state index in [2.05, 4.69) is 79.1 Å². The lowest BCUT2D eigenvalue weighted by molar-refractivity contribution is 0.426. The van der Waals surface area contributed by atoms with Gasteiger partial charge in [0, 0.05) is 21.9 Å². The molecule has 1 aliphatic rings. The molecule has 4 heteroatoms. The van der Waals surface area contributed by atoms with Crippen molar-refractivity contribution in [1.29, 1.82) is 0 Å². The molecule has 0 saturated carbocycles. The summed E-state index contributed by atoms with van der Waals surface area (Å²) in [7, 11) is -1.48. The first kappa shape index (κ1) is 18.4. The van der Waals surface area contributed by atoms with E-state index >= 15 is 0 Å². The van der Waals surface area contributed by atoms with Gasteiger partial charge in [0.1, 0.15) is 0 Å². The van der Waals surface area contributed by atoms with E-state index in [1.807, 2.05) is 24.3 Å². The third kappa shape index (κ3) is 2.43. The van der Waals surface area contributed by atoms with Crippen molar-refractivity contribution in [3.8, 4) is 16.8 Å². The summed E-state index contributed by atoms with van der Waals surface area (Å²) in [6, 6.07) is 29.3. The maximum atomic E-state index is 9.74. The molecule has 1 aromatic heterocycles. The smallest absolute Gasteiger partial charge is 0.423 e. The average Bonchev–Trinajstić information content (AvgIpc) is 3.23. The van der Waals surface area contributed by atoms with Gasteiger partial charge in [0.25, 0.3) is 0 Å². The number of benzene rings is 4. The Kier molecular flexibility index (Phi) is 3.77. The van der Waals surface area contributed by atoms with Crippen LogP contribution in [0.5, 0.6) is 0 Å². The van der Waals surface area contributed by atoms with Crippen LogP contribution in [0, 0.1) is 0 Å². The van der Waals surface area contributed by atoms with Crippen LogP contribution in [-0.2, 0) is 5.41 Å². The molecule has 6 rings (SSSR count). The van der Waals surface area contributed by atoms with Crippen molar-refractivity contribution in [3.05, 3.63) is 96.1 Å². The summed E-state index contributed by atoms with van der Waals surface area (Å²) < 4.78 is 2.37. The van der Waals surface area contributed by atoms with Crippen molar-refractivity contribution in [1.82, 2.24) is 4.57 Å². The van der Waals surface area contributed by atoms with E-state index in [9.17, 15) is 10.0 Å². The summed E-state index contributed by atoms with van der Waals surface area (Å²) >= 11 is 0. The van der Waals surface area contributed by atoms with Gasteiger partial charge in [-0.25, -0.2) is 0 Å². The second-order valence-corrected chi connectivity index (χ2v) is 8.88. The maximum absolute atomic E-state index is 9.74. The summed E-state index contributed by atoms with van der Waals surface area (Å²) in [6.45, 7) is 4.53. The van der Waals surface area contributed by atoms with Gasteiger partial charge < -0.3 is 14.6 Å². The monoisotopic (exact) mass is 403 g/mol. The molecule has 1 aliphatic carbocycles. The van der Waals surface area contributed by atoms with Crippen LogP contribution in [0.15, 0.2) is 84.9 Å². The minimum Gasteiger partial charge on any atom is -0.423 e. The molecule has 1 heterocycles. The van der Waals surface area contributed by atoms with Gasteiger partial charge in [-0.2, -0.15) is 0 Å². The molecule has 0 atom stereocenters. The van der Waals surface area contributed by atoms with E-state index < -0.39 is 7.12 Å². The standard InChI is InChI=1S/C27H22BNO2/c1-27(2)23-15-12-17(28(30)31)16-22(23)20-13-14-21-19-10-6-7-11-24(19)29(26(21)25(20)27)18-8-4-3-5-9-18/h3-16,30-31H,1-2H3. The van der Waals surface area contributed by atoms with E-state index in [0.717, 1.165) is 16.8 Å². The molecule has 0 aliphatic heterocycles. The normalized spacial score (nSPS) is 14.1. The van der Waals surface area contributed by atoms with Gasteiger partial charge in [-0.05, 0) is 45.9 Å². The summed E-state index contributed by atoms with van der Waals surface area (Å²) in [5.41, 5.74) is 8.59. The molecule has 150 valence electrons. The van der Waals surface area contributed by atoms with Crippen molar-refractivity contribution in [2.75, 3.05) is 0 Å². The Morgan fingerprint density at radius 3 is 2.26 bits per heavy atom. The Labute approximate surface area is 181 Å². The first-order valence-corrected chi connectivity index (χ1v) is 10.6. The van der Waals surface area contributed by atoms with Gasteiger partial charge in [-0.1, -0.05) is 80.6 Å². The van der Waals surface area contributed by atoms with Crippen LogP contribution < -0.4 is 5.46 Å². The van der Waals surface area contributed by atoms with E-state index in [0.29, 0.717) is 5.46 Å². The Morgan fingerprint density at radius 2 is 1.48 bits per heavy atom. The molecule has 3 nitrogen and oxygen atoms in total. The quantitative estimate of drug-likeness (QED) is 0.417. The molecule has 31 heavy (non-hydrogen) atoms. The van der Waals surface area contributed by atoms with Gasteiger partial charge in [0.05, 0.1) is 11.0 Å². The van der Waals surface area contributed by atoms with Crippen molar-refractivity contribution in [2.45, 2.75) is 19.3 Å². The molecular weight excluding hydrogens is 381 g/mol. The van der Waals surface area contributed by atoms with Crippen LogP contribution in [-0.4, -0.2) is 21.7 Å². The molecule has 0 amide bonds. The lowest BCUT2D eigenvalue weighted by atomic mass is 9.77. The molecule has 0 unspecified atom stereocenters. The van der Waals surface area contributed by atoms with Crippen LogP contribution >= 0.6 is 0 Å². The number of rotatable bonds is 2. The zero-order valence-electron chi connectivity index (χ0n) is 17.5. The van der Waals surface area contributed by atoms with E-state index in [-0.39, 0.29) is 5.41 Å². The molecule has 4 aromatic carbocycles. The number of nitrogens with zero attached hydrogens (tertiary/aromatic N) is 1. The highest BCUT2D eigenvalue weighted by Gasteiger charge is 2.39. The lowest BCUT2D eigenvalue weighted by Gasteiger charge is -2.23. The van der Waals surface area contributed by atoms with E-state index in [1.165, 1.54) is 32.9 Å². The second-order valence-electron chi connectivity index (χ2n) is 8.88. The van der Waals surface area contributed by atoms with Crippen LogP contribution in [0.3, 0.4) is 0 Å². The number of hydrogen-bond acceptors (Lipinski definition) is 2. The molecule has 0 spiro atoms. The van der Waals surface area contributed by atoms with Gasteiger partial charge in [0.15, 0.2) is 0 Å². The number of aromatic nitrogens is 1. The Morgan fingerprint density at radius 1 is 0.742 bits per heavy atom. The van der Waals surface area contributed by atoms with Crippen LogP contribution in [0.2, 0.25) is 0 Å². The molecule has 0 bridgehead atoms. The average molecular weight is 403 g/mol. The van der Waals surface area contributed by atoms with Gasteiger partial charge in [0.2, 0.25) is 0 Å². The lowest BCUT2D eigenvalue weighted by Crippen LogP contribution is -2.30. The van der Waals surface area contributed by atoms with Gasteiger partial charge >= 0.3 is 7.12 Å². The fraction of sp³-hybridized carbons (Fsp3) is 0.111. The third-order valence-electron chi connectivity index (χ3n) is 6.78. The first-order valence-electron chi connectivity index (χ1n) is 10.6. The molecule has 2 N–H and O–H groups in total. The Hall–Kier alpha value is -3.34. The fourth-order valence-corrected chi connectivity index (χ4v) is 5.38. The highest BCUT2D eigenvalue weighted by Crippen LogP contribution is 2.52. The van der Waals surface area contributed by atoms with Crippen molar-refractivity contribution in [2.24, 2.45) is 0 Å². The molecule has 0 radical (unpaired) electrons. The van der Waals surface area contributed by atoms with E-state index in [1.54, 1.807) is 0 Å². The SMILES string of the molecule is CC1(C)c2ccc(B(O)O)cc2-c2ccc3c4ccccc4n(-c4ccccc4)c3c21. The second kappa shape index (κ2) is 6.33. The van der Waals surface area contributed by atoms with Crippen molar-refractivity contribution >= 4 is 34.4 Å². The largest absolute Gasteiger partial charge is 0.488 e. The van der Waals surface area contributed by atoms with Crippen LogP contribution in [0.1, 0.15) is 25.0 Å². The fourth-order valence-electron chi connectivity index (χ4n) is 5.38. The summed E-state index contributed by atoms with van der Waals surface area (Å²) in [5, 5.41) is 22.0. The Bertz CT molecular complexity index is 1480. The number of fused-ring (bicyclic) bond motifs is 7. The van der Waals surface area contributed by atoms with Crippen molar-refractivity contribution in [3.63, 3.8) is 0 Å².